The highest BCUT2D eigenvalue weighted by Gasteiger charge is 2.36. The normalized spacial score (nSPS) is 17.8. The highest BCUT2D eigenvalue weighted by Crippen LogP contribution is 2.40. The molecule has 2 rings (SSSR count). The van der Waals surface area contributed by atoms with Crippen LogP contribution in [0.5, 0.6) is 5.88 Å². The van der Waals surface area contributed by atoms with Crippen LogP contribution in [0.2, 0.25) is 0 Å². The lowest BCUT2D eigenvalue weighted by Gasteiger charge is -2.27. The Bertz CT molecular complexity index is 457. The number of hydrogen-bond donors (Lipinski definition) is 1. The van der Waals surface area contributed by atoms with E-state index in [-0.39, 0.29) is 6.10 Å². The Kier molecular flexibility index (Phi) is 4.35. The van der Waals surface area contributed by atoms with Crippen molar-refractivity contribution in [3.05, 3.63) is 6.33 Å². The van der Waals surface area contributed by atoms with Crippen LogP contribution in [0.1, 0.15) is 47.0 Å². The molecule has 2 heterocycles. The lowest BCUT2D eigenvalue weighted by atomic mass is 9.82. The summed E-state index contributed by atoms with van der Waals surface area (Å²) >= 11 is 0. The second kappa shape index (κ2) is 5.85. The molecule has 0 aliphatic carbocycles. The minimum atomic E-state index is 0.0593. The molecule has 1 aliphatic rings. The quantitative estimate of drug-likeness (QED) is 0.897. The number of nitrogens with zero attached hydrogens (tertiary/aromatic N) is 3. The fraction of sp³-hybridized carbons (Fsp3) is 0.733. The summed E-state index contributed by atoms with van der Waals surface area (Å²) in [5.74, 6) is 1.31. The summed E-state index contributed by atoms with van der Waals surface area (Å²) in [5, 5.41) is 0. The molecule has 1 saturated heterocycles. The first-order chi connectivity index (χ1) is 9.51. The molecule has 1 aromatic rings. The van der Waals surface area contributed by atoms with Crippen molar-refractivity contribution in [2.75, 3.05) is 23.7 Å². The summed E-state index contributed by atoms with van der Waals surface area (Å²) in [7, 11) is 0. The fourth-order valence-electron chi connectivity index (χ4n) is 2.88. The lowest BCUT2D eigenvalue weighted by molar-refractivity contribution is 0.234. The zero-order valence-corrected chi connectivity index (χ0v) is 13.0. The van der Waals surface area contributed by atoms with Crippen molar-refractivity contribution < 1.29 is 4.74 Å². The van der Waals surface area contributed by atoms with E-state index in [0.29, 0.717) is 17.0 Å². The summed E-state index contributed by atoms with van der Waals surface area (Å²) in [5.41, 5.74) is 7.15. The van der Waals surface area contributed by atoms with Crippen LogP contribution in [0.3, 0.4) is 0 Å². The third-order valence-electron chi connectivity index (χ3n) is 4.41. The Morgan fingerprint density at radius 1 is 1.35 bits per heavy atom. The SMILES string of the molecule is CCC1(CC)CCN(c2ncnc(OC(C)C)c2N)C1. The van der Waals surface area contributed by atoms with E-state index < -0.39 is 0 Å². The van der Waals surface area contributed by atoms with Gasteiger partial charge in [0.2, 0.25) is 5.88 Å². The Balaban J connectivity index is 2.22. The topological polar surface area (TPSA) is 64.3 Å². The van der Waals surface area contributed by atoms with Crippen molar-refractivity contribution in [2.45, 2.75) is 53.1 Å². The van der Waals surface area contributed by atoms with Gasteiger partial charge in [-0.05, 0) is 38.5 Å². The van der Waals surface area contributed by atoms with Gasteiger partial charge in [-0.15, -0.1) is 0 Å². The Labute approximate surface area is 121 Å². The van der Waals surface area contributed by atoms with E-state index in [1.807, 2.05) is 13.8 Å². The first kappa shape index (κ1) is 14.9. The molecule has 1 aromatic heterocycles. The van der Waals surface area contributed by atoms with Crippen molar-refractivity contribution in [1.82, 2.24) is 9.97 Å². The molecule has 0 unspecified atom stereocenters. The number of nitrogens with two attached hydrogens (primary N) is 1. The molecule has 5 nitrogen and oxygen atoms in total. The van der Waals surface area contributed by atoms with Gasteiger partial charge in [0.1, 0.15) is 12.0 Å². The molecule has 2 N–H and O–H groups in total. The maximum atomic E-state index is 6.19. The summed E-state index contributed by atoms with van der Waals surface area (Å²) in [4.78, 5) is 10.8. The summed E-state index contributed by atoms with van der Waals surface area (Å²) < 4.78 is 5.65. The zero-order chi connectivity index (χ0) is 14.8. The highest BCUT2D eigenvalue weighted by molar-refractivity contribution is 5.68. The van der Waals surface area contributed by atoms with Gasteiger partial charge in [0.25, 0.3) is 0 Å². The number of aromatic nitrogens is 2. The summed E-state index contributed by atoms with van der Waals surface area (Å²) in [6.45, 7) is 10.5. The molecule has 5 heteroatoms. The van der Waals surface area contributed by atoms with Gasteiger partial charge in [-0.25, -0.2) is 4.98 Å². The average Bonchev–Trinajstić information content (AvgIpc) is 2.86. The maximum absolute atomic E-state index is 6.19. The third kappa shape index (κ3) is 2.81. The van der Waals surface area contributed by atoms with E-state index >= 15 is 0 Å². The van der Waals surface area contributed by atoms with Crippen molar-refractivity contribution in [3.8, 4) is 5.88 Å². The van der Waals surface area contributed by atoms with Crippen LogP contribution < -0.4 is 15.4 Å². The second-order valence-corrected chi connectivity index (χ2v) is 5.96. The largest absolute Gasteiger partial charge is 0.473 e. The second-order valence-electron chi connectivity index (χ2n) is 5.96. The molecule has 0 bridgehead atoms. The minimum Gasteiger partial charge on any atom is -0.473 e. The average molecular weight is 278 g/mol. The van der Waals surface area contributed by atoms with Gasteiger partial charge in [0.05, 0.1) is 6.10 Å². The molecule has 1 fully saturated rings. The molecule has 0 atom stereocenters. The molecule has 0 spiro atoms. The van der Waals surface area contributed by atoms with E-state index in [1.54, 1.807) is 6.33 Å². The third-order valence-corrected chi connectivity index (χ3v) is 4.41. The van der Waals surface area contributed by atoms with Crippen LogP contribution in [0.15, 0.2) is 6.33 Å². The first-order valence-corrected chi connectivity index (χ1v) is 7.53. The van der Waals surface area contributed by atoms with E-state index in [2.05, 4.69) is 28.7 Å². The maximum Gasteiger partial charge on any atom is 0.242 e. The van der Waals surface area contributed by atoms with Gasteiger partial charge < -0.3 is 15.4 Å². The van der Waals surface area contributed by atoms with Crippen molar-refractivity contribution in [1.29, 1.82) is 0 Å². The highest BCUT2D eigenvalue weighted by atomic mass is 16.5. The van der Waals surface area contributed by atoms with E-state index in [1.165, 1.54) is 19.3 Å². The molecule has 0 aromatic carbocycles. The van der Waals surface area contributed by atoms with Crippen LogP contribution >= 0.6 is 0 Å². The molecule has 0 radical (unpaired) electrons. The number of rotatable bonds is 5. The van der Waals surface area contributed by atoms with Gasteiger partial charge in [-0.1, -0.05) is 13.8 Å². The first-order valence-electron chi connectivity index (χ1n) is 7.53. The lowest BCUT2D eigenvalue weighted by Crippen LogP contribution is -2.27. The molecule has 112 valence electrons. The smallest absolute Gasteiger partial charge is 0.242 e. The number of anilines is 2. The molecule has 20 heavy (non-hydrogen) atoms. The predicted octanol–water partition coefficient (Wildman–Crippen LogP) is 2.86. The van der Waals surface area contributed by atoms with Crippen molar-refractivity contribution in [3.63, 3.8) is 0 Å². The number of nitrogen functional groups attached to an aromatic ring is 1. The number of ether oxygens (including phenoxy) is 1. The van der Waals surface area contributed by atoms with E-state index in [9.17, 15) is 0 Å². The van der Waals surface area contributed by atoms with Gasteiger partial charge in [-0.3, -0.25) is 0 Å². The Hall–Kier alpha value is -1.52. The van der Waals surface area contributed by atoms with Gasteiger partial charge in [-0.2, -0.15) is 4.98 Å². The zero-order valence-electron chi connectivity index (χ0n) is 13.0. The Morgan fingerprint density at radius 2 is 2.05 bits per heavy atom. The summed E-state index contributed by atoms with van der Waals surface area (Å²) in [6.07, 6.45) is 5.19. The van der Waals surface area contributed by atoms with Crippen LogP contribution in [-0.4, -0.2) is 29.2 Å². The fourth-order valence-corrected chi connectivity index (χ4v) is 2.88. The predicted molar refractivity (Wildman–Crippen MR) is 82.1 cm³/mol. The van der Waals surface area contributed by atoms with Crippen LogP contribution in [0, 0.1) is 5.41 Å². The Morgan fingerprint density at radius 3 is 2.60 bits per heavy atom. The summed E-state index contributed by atoms with van der Waals surface area (Å²) in [6, 6.07) is 0. The standard InChI is InChI=1S/C15H26N4O/c1-5-15(6-2)7-8-19(9-15)13-12(16)14(18-10-17-13)20-11(3)4/h10-11H,5-9,16H2,1-4H3. The molecular formula is C15H26N4O. The van der Waals surface area contributed by atoms with Gasteiger partial charge >= 0.3 is 0 Å². The van der Waals surface area contributed by atoms with E-state index in [0.717, 1.165) is 18.9 Å². The monoisotopic (exact) mass is 278 g/mol. The van der Waals surface area contributed by atoms with Crippen molar-refractivity contribution >= 4 is 11.5 Å². The van der Waals surface area contributed by atoms with Crippen LogP contribution in [0.25, 0.3) is 0 Å². The molecular weight excluding hydrogens is 252 g/mol. The molecule has 0 amide bonds. The minimum absolute atomic E-state index is 0.0593. The van der Waals surface area contributed by atoms with Gasteiger partial charge in [0.15, 0.2) is 5.82 Å². The van der Waals surface area contributed by atoms with Crippen LogP contribution in [-0.2, 0) is 0 Å². The molecule has 0 saturated carbocycles. The molecule has 1 aliphatic heterocycles. The number of hydrogen-bond acceptors (Lipinski definition) is 5. The van der Waals surface area contributed by atoms with E-state index in [4.69, 9.17) is 10.5 Å². The van der Waals surface area contributed by atoms with Gasteiger partial charge in [0, 0.05) is 13.1 Å². The van der Waals surface area contributed by atoms with Crippen LogP contribution in [0.4, 0.5) is 11.5 Å². The van der Waals surface area contributed by atoms with Crippen molar-refractivity contribution in [2.24, 2.45) is 5.41 Å².